The Balaban J connectivity index is 2.37. The monoisotopic (exact) mass is 234 g/mol. The molecule has 0 unspecified atom stereocenters. The standard InChI is InChI=1S/C11H10N2O2S/c14-11(15)13-5-4-9-8(6-13)2-1-3-10(9)12-7-16/h1-3H,4-6H2,(H,14,15). The average Bonchev–Trinajstić information content (AvgIpc) is 2.29. The highest BCUT2D eigenvalue weighted by atomic mass is 32.1. The molecule has 0 saturated heterocycles. The predicted molar refractivity (Wildman–Crippen MR) is 63.3 cm³/mol. The minimum atomic E-state index is -0.880. The van der Waals surface area contributed by atoms with E-state index in [1.54, 1.807) is 0 Å². The van der Waals surface area contributed by atoms with Crippen molar-refractivity contribution in [2.45, 2.75) is 13.0 Å². The van der Waals surface area contributed by atoms with E-state index in [-0.39, 0.29) is 0 Å². The van der Waals surface area contributed by atoms with Gasteiger partial charge in [-0.2, -0.15) is 4.99 Å². The molecule has 1 heterocycles. The summed E-state index contributed by atoms with van der Waals surface area (Å²) < 4.78 is 0. The van der Waals surface area contributed by atoms with Gasteiger partial charge in [0.15, 0.2) is 0 Å². The number of aliphatic imine (C=N–C) groups is 1. The lowest BCUT2D eigenvalue weighted by molar-refractivity contribution is 0.140. The first-order chi connectivity index (χ1) is 7.72. The third kappa shape index (κ3) is 1.96. The van der Waals surface area contributed by atoms with E-state index in [4.69, 9.17) is 5.11 Å². The Morgan fingerprint density at radius 3 is 3.06 bits per heavy atom. The number of isothiocyanates is 1. The van der Waals surface area contributed by atoms with Crippen LogP contribution in [-0.4, -0.2) is 27.8 Å². The number of carboxylic acid groups (broad SMARTS) is 1. The number of carbonyl (C=O) groups is 1. The molecule has 0 saturated carbocycles. The van der Waals surface area contributed by atoms with Crippen molar-refractivity contribution in [2.75, 3.05) is 6.54 Å². The van der Waals surface area contributed by atoms with Crippen LogP contribution in [-0.2, 0) is 13.0 Å². The molecule has 16 heavy (non-hydrogen) atoms. The fourth-order valence-corrected chi connectivity index (χ4v) is 2.00. The van der Waals surface area contributed by atoms with Crippen LogP contribution in [0.25, 0.3) is 0 Å². The maximum Gasteiger partial charge on any atom is 0.407 e. The maximum atomic E-state index is 10.8. The van der Waals surface area contributed by atoms with Gasteiger partial charge in [0.2, 0.25) is 0 Å². The molecule has 0 radical (unpaired) electrons. The van der Waals surface area contributed by atoms with Gasteiger partial charge in [-0.1, -0.05) is 12.1 Å². The zero-order valence-electron chi connectivity index (χ0n) is 8.51. The van der Waals surface area contributed by atoms with Gasteiger partial charge >= 0.3 is 6.09 Å². The Labute approximate surface area is 98.2 Å². The first-order valence-corrected chi connectivity index (χ1v) is 5.29. The molecule has 0 spiro atoms. The van der Waals surface area contributed by atoms with E-state index in [0.29, 0.717) is 19.5 Å². The number of amides is 1. The van der Waals surface area contributed by atoms with Crippen molar-refractivity contribution in [1.29, 1.82) is 0 Å². The smallest absolute Gasteiger partial charge is 0.407 e. The number of hydrogen-bond donors (Lipinski definition) is 1. The zero-order valence-corrected chi connectivity index (χ0v) is 9.33. The lowest BCUT2D eigenvalue weighted by atomic mass is 9.98. The van der Waals surface area contributed by atoms with Crippen molar-refractivity contribution < 1.29 is 9.90 Å². The van der Waals surface area contributed by atoms with Crippen LogP contribution in [0.1, 0.15) is 11.1 Å². The van der Waals surface area contributed by atoms with Crippen LogP contribution in [0, 0.1) is 0 Å². The highest BCUT2D eigenvalue weighted by Crippen LogP contribution is 2.27. The molecule has 1 aliphatic heterocycles. The van der Waals surface area contributed by atoms with E-state index >= 15 is 0 Å². The van der Waals surface area contributed by atoms with E-state index in [0.717, 1.165) is 16.8 Å². The SMILES string of the molecule is O=C(O)N1CCc2c(cccc2N=C=S)C1. The van der Waals surface area contributed by atoms with Gasteiger partial charge in [-0.25, -0.2) is 4.79 Å². The van der Waals surface area contributed by atoms with E-state index < -0.39 is 6.09 Å². The third-order valence-electron chi connectivity index (χ3n) is 2.68. The second-order valence-electron chi connectivity index (χ2n) is 3.57. The fraction of sp³-hybridized carbons (Fsp3) is 0.273. The third-order valence-corrected chi connectivity index (χ3v) is 2.77. The molecule has 1 aromatic carbocycles. The summed E-state index contributed by atoms with van der Waals surface area (Å²) in [6.07, 6.45) is -0.201. The quantitative estimate of drug-likeness (QED) is 0.600. The zero-order chi connectivity index (χ0) is 11.5. The molecule has 0 bridgehead atoms. The summed E-state index contributed by atoms with van der Waals surface area (Å²) in [7, 11) is 0. The first-order valence-electron chi connectivity index (χ1n) is 4.89. The van der Waals surface area contributed by atoms with Crippen molar-refractivity contribution in [3.63, 3.8) is 0 Å². The Morgan fingerprint density at radius 2 is 2.38 bits per heavy atom. The second kappa shape index (κ2) is 4.43. The number of benzene rings is 1. The average molecular weight is 234 g/mol. The fourth-order valence-electron chi connectivity index (χ4n) is 1.91. The molecule has 82 valence electrons. The lowest BCUT2D eigenvalue weighted by Gasteiger charge is -2.26. The van der Waals surface area contributed by atoms with Crippen LogP contribution >= 0.6 is 12.2 Å². The number of fused-ring (bicyclic) bond motifs is 1. The Bertz CT molecular complexity index is 481. The minimum absolute atomic E-state index is 0.422. The van der Waals surface area contributed by atoms with E-state index in [2.05, 4.69) is 22.4 Å². The molecule has 1 N–H and O–H groups in total. The van der Waals surface area contributed by atoms with Gasteiger partial charge in [0.25, 0.3) is 0 Å². The van der Waals surface area contributed by atoms with Crippen LogP contribution in [0.2, 0.25) is 0 Å². The number of nitrogens with zero attached hydrogens (tertiary/aromatic N) is 2. The molecule has 0 aromatic heterocycles. The number of hydrogen-bond acceptors (Lipinski definition) is 3. The van der Waals surface area contributed by atoms with Gasteiger partial charge in [0.1, 0.15) is 0 Å². The summed E-state index contributed by atoms with van der Waals surface area (Å²) in [5.41, 5.74) is 2.88. The highest BCUT2D eigenvalue weighted by molar-refractivity contribution is 7.78. The molecule has 1 aromatic rings. The minimum Gasteiger partial charge on any atom is -0.465 e. The van der Waals surface area contributed by atoms with Crippen LogP contribution in [0.3, 0.4) is 0 Å². The van der Waals surface area contributed by atoms with Crippen LogP contribution in [0.4, 0.5) is 10.5 Å². The molecule has 0 aliphatic carbocycles. The normalized spacial score (nSPS) is 13.9. The summed E-state index contributed by atoms with van der Waals surface area (Å²) in [6.45, 7) is 0.928. The second-order valence-corrected chi connectivity index (χ2v) is 3.75. The van der Waals surface area contributed by atoms with Crippen LogP contribution < -0.4 is 0 Å². The molecular weight excluding hydrogens is 224 g/mol. The Hall–Kier alpha value is -1.71. The molecular formula is C11H10N2O2S. The van der Waals surface area contributed by atoms with Gasteiger partial charge in [0.05, 0.1) is 10.8 Å². The van der Waals surface area contributed by atoms with Crippen molar-refractivity contribution >= 4 is 29.2 Å². The van der Waals surface area contributed by atoms with Gasteiger partial charge in [-0.05, 0) is 35.8 Å². The van der Waals surface area contributed by atoms with Crippen molar-refractivity contribution in [2.24, 2.45) is 4.99 Å². The predicted octanol–water partition coefficient (Wildman–Crippen LogP) is 2.46. The molecule has 5 heteroatoms. The lowest BCUT2D eigenvalue weighted by Crippen LogP contribution is -2.34. The summed E-state index contributed by atoms with van der Waals surface area (Å²) in [6, 6.07) is 5.65. The first kappa shape index (κ1) is 10.8. The van der Waals surface area contributed by atoms with Crippen LogP contribution in [0.15, 0.2) is 23.2 Å². The van der Waals surface area contributed by atoms with E-state index in [1.807, 2.05) is 18.2 Å². The summed E-state index contributed by atoms with van der Waals surface area (Å²) in [5, 5.41) is 11.3. The van der Waals surface area contributed by atoms with Gasteiger partial charge < -0.3 is 10.0 Å². The van der Waals surface area contributed by atoms with Crippen molar-refractivity contribution in [1.82, 2.24) is 4.90 Å². The molecule has 0 fully saturated rings. The summed E-state index contributed by atoms with van der Waals surface area (Å²) in [4.78, 5) is 16.2. The summed E-state index contributed by atoms with van der Waals surface area (Å²) >= 11 is 4.58. The molecule has 1 aliphatic rings. The number of rotatable bonds is 1. The molecule has 1 amide bonds. The van der Waals surface area contributed by atoms with E-state index in [1.165, 1.54) is 4.90 Å². The van der Waals surface area contributed by atoms with Crippen molar-refractivity contribution in [3.8, 4) is 0 Å². The summed E-state index contributed by atoms with van der Waals surface area (Å²) in [5.74, 6) is 0. The van der Waals surface area contributed by atoms with Gasteiger partial charge in [0, 0.05) is 13.1 Å². The maximum absolute atomic E-state index is 10.8. The molecule has 4 nitrogen and oxygen atoms in total. The van der Waals surface area contributed by atoms with E-state index in [9.17, 15) is 4.79 Å². The highest BCUT2D eigenvalue weighted by Gasteiger charge is 2.21. The topological polar surface area (TPSA) is 52.9 Å². The molecule has 2 rings (SSSR count). The Kier molecular flexibility index (Phi) is 2.99. The van der Waals surface area contributed by atoms with Gasteiger partial charge in [-0.15, -0.1) is 0 Å². The Morgan fingerprint density at radius 1 is 1.56 bits per heavy atom. The number of thiocarbonyl (C=S) groups is 1. The van der Waals surface area contributed by atoms with Crippen LogP contribution in [0.5, 0.6) is 0 Å². The van der Waals surface area contributed by atoms with Crippen molar-refractivity contribution in [3.05, 3.63) is 29.3 Å². The largest absolute Gasteiger partial charge is 0.465 e. The van der Waals surface area contributed by atoms with Gasteiger partial charge in [-0.3, -0.25) is 0 Å². The molecule has 0 atom stereocenters.